The molecular formula is C15H14N4OS. The maximum absolute atomic E-state index is 11.9. The molecule has 3 rings (SSSR count). The average Bonchev–Trinajstić information content (AvgIpc) is 3.17. The Morgan fingerprint density at radius 1 is 1.24 bits per heavy atom. The number of carbonyl (C=O) groups excluding carboxylic acids is 1. The molecule has 21 heavy (non-hydrogen) atoms. The molecule has 0 aliphatic heterocycles. The highest BCUT2D eigenvalue weighted by atomic mass is 32.1. The third kappa shape index (κ3) is 3.55. The van der Waals surface area contributed by atoms with Crippen LogP contribution < -0.4 is 5.32 Å². The van der Waals surface area contributed by atoms with Crippen LogP contribution >= 0.6 is 11.3 Å². The van der Waals surface area contributed by atoms with Gasteiger partial charge in [-0.1, -0.05) is 12.1 Å². The van der Waals surface area contributed by atoms with Gasteiger partial charge in [0.2, 0.25) is 5.91 Å². The van der Waals surface area contributed by atoms with Crippen molar-refractivity contribution in [2.24, 2.45) is 0 Å². The number of pyridine rings is 1. The molecule has 6 heteroatoms. The van der Waals surface area contributed by atoms with Gasteiger partial charge in [-0.2, -0.15) is 5.10 Å². The zero-order valence-corrected chi connectivity index (χ0v) is 12.1. The zero-order valence-electron chi connectivity index (χ0n) is 11.3. The molecule has 0 saturated carbocycles. The molecule has 0 saturated heterocycles. The number of aromatic nitrogens is 3. The fraction of sp³-hybridized carbons (Fsp3) is 0.133. The van der Waals surface area contributed by atoms with E-state index in [1.165, 1.54) is 0 Å². The molecule has 3 aromatic rings. The summed E-state index contributed by atoms with van der Waals surface area (Å²) in [7, 11) is 0. The Hall–Kier alpha value is -2.47. The van der Waals surface area contributed by atoms with E-state index in [2.05, 4.69) is 15.4 Å². The van der Waals surface area contributed by atoms with Crippen LogP contribution in [0, 0.1) is 0 Å². The van der Waals surface area contributed by atoms with E-state index in [1.807, 2.05) is 48.0 Å². The smallest absolute Gasteiger partial charge is 0.242 e. The second kappa shape index (κ2) is 6.32. The van der Waals surface area contributed by atoms with Crippen molar-refractivity contribution in [1.82, 2.24) is 20.1 Å². The van der Waals surface area contributed by atoms with Crippen molar-refractivity contribution >= 4 is 17.2 Å². The lowest BCUT2D eigenvalue weighted by Crippen LogP contribution is -2.27. The quantitative estimate of drug-likeness (QED) is 0.786. The Bertz CT molecular complexity index is 706. The van der Waals surface area contributed by atoms with Crippen molar-refractivity contribution in [2.75, 3.05) is 0 Å². The molecule has 0 spiro atoms. The molecule has 0 unspecified atom stereocenters. The van der Waals surface area contributed by atoms with Gasteiger partial charge in [0.05, 0.1) is 17.1 Å². The minimum Gasteiger partial charge on any atom is -0.349 e. The molecule has 0 aromatic carbocycles. The summed E-state index contributed by atoms with van der Waals surface area (Å²) in [6, 6.07) is 11.5. The second-order valence-electron chi connectivity index (χ2n) is 4.47. The maximum atomic E-state index is 11.9. The summed E-state index contributed by atoms with van der Waals surface area (Å²) in [5, 5.41) is 9.24. The van der Waals surface area contributed by atoms with Gasteiger partial charge in [-0.3, -0.25) is 14.5 Å². The number of hydrogen-bond donors (Lipinski definition) is 1. The van der Waals surface area contributed by atoms with Crippen molar-refractivity contribution in [2.45, 2.75) is 13.1 Å². The van der Waals surface area contributed by atoms with Crippen LogP contribution in [0.2, 0.25) is 0 Å². The van der Waals surface area contributed by atoms with E-state index in [0.717, 1.165) is 16.3 Å². The Morgan fingerprint density at radius 2 is 2.19 bits per heavy atom. The van der Waals surface area contributed by atoms with Crippen LogP contribution in [-0.2, 0) is 17.9 Å². The number of amides is 1. The highest BCUT2D eigenvalue weighted by molar-refractivity contribution is 7.13. The van der Waals surface area contributed by atoms with Crippen LogP contribution in [0.5, 0.6) is 0 Å². The predicted octanol–water partition coefficient (Wildman–Crippen LogP) is 2.32. The van der Waals surface area contributed by atoms with Crippen molar-refractivity contribution < 1.29 is 4.79 Å². The monoisotopic (exact) mass is 298 g/mol. The van der Waals surface area contributed by atoms with Crippen LogP contribution in [0.15, 0.2) is 54.2 Å². The molecule has 1 amide bonds. The lowest BCUT2D eigenvalue weighted by molar-refractivity contribution is -0.122. The molecule has 0 aliphatic carbocycles. The molecule has 5 nitrogen and oxygen atoms in total. The van der Waals surface area contributed by atoms with Gasteiger partial charge in [0, 0.05) is 12.4 Å². The van der Waals surface area contributed by atoms with E-state index < -0.39 is 0 Å². The number of hydrogen-bond acceptors (Lipinski definition) is 4. The minimum absolute atomic E-state index is 0.0820. The molecule has 1 N–H and O–H groups in total. The van der Waals surface area contributed by atoms with Crippen LogP contribution in [0.3, 0.4) is 0 Å². The molecule has 3 heterocycles. The molecule has 0 fully saturated rings. The molecule has 3 aromatic heterocycles. The Labute approximate surface area is 126 Å². The van der Waals surface area contributed by atoms with Gasteiger partial charge in [0.1, 0.15) is 12.2 Å². The molecule has 0 atom stereocenters. The minimum atomic E-state index is -0.0820. The summed E-state index contributed by atoms with van der Waals surface area (Å²) in [6.07, 6.45) is 3.53. The second-order valence-corrected chi connectivity index (χ2v) is 5.42. The summed E-state index contributed by atoms with van der Waals surface area (Å²) in [6.45, 7) is 0.636. The molecular weight excluding hydrogens is 284 g/mol. The summed E-state index contributed by atoms with van der Waals surface area (Å²) in [4.78, 5) is 17.1. The Kier molecular flexibility index (Phi) is 4.07. The van der Waals surface area contributed by atoms with E-state index in [0.29, 0.717) is 6.54 Å². The first kappa shape index (κ1) is 13.5. The Morgan fingerprint density at radius 3 is 2.95 bits per heavy atom. The van der Waals surface area contributed by atoms with Gasteiger partial charge in [0.15, 0.2) is 0 Å². The van der Waals surface area contributed by atoms with Crippen molar-refractivity contribution in [3.05, 3.63) is 59.9 Å². The first-order chi connectivity index (χ1) is 10.3. The van der Waals surface area contributed by atoms with Crippen LogP contribution in [0.4, 0.5) is 0 Å². The molecule has 0 radical (unpaired) electrons. The number of carbonyl (C=O) groups is 1. The lowest BCUT2D eigenvalue weighted by atomic mass is 10.3. The van der Waals surface area contributed by atoms with E-state index in [4.69, 9.17) is 0 Å². The molecule has 106 valence electrons. The van der Waals surface area contributed by atoms with E-state index >= 15 is 0 Å². The first-order valence-electron chi connectivity index (χ1n) is 6.55. The summed E-state index contributed by atoms with van der Waals surface area (Å²) in [5.74, 6) is -0.0820. The zero-order chi connectivity index (χ0) is 14.5. The Balaban J connectivity index is 1.55. The predicted molar refractivity (Wildman–Crippen MR) is 81.6 cm³/mol. The summed E-state index contributed by atoms with van der Waals surface area (Å²) in [5.41, 5.74) is 1.73. The van der Waals surface area contributed by atoms with E-state index in [-0.39, 0.29) is 12.5 Å². The topological polar surface area (TPSA) is 59.8 Å². The van der Waals surface area contributed by atoms with Gasteiger partial charge in [-0.15, -0.1) is 11.3 Å². The average molecular weight is 298 g/mol. The number of nitrogens with one attached hydrogen (secondary N) is 1. The molecule has 0 bridgehead atoms. The maximum Gasteiger partial charge on any atom is 0.242 e. The van der Waals surface area contributed by atoms with Crippen molar-refractivity contribution in [1.29, 1.82) is 0 Å². The third-order valence-electron chi connectivity index (χ3n) is 2.91. The first-order valence-corrected chi connectivity index (χ1v) is 7.43. The number of rotatable bonds is 5. The van der Waals surface area contributed by atoms with Crippen molar-refractivity contribution in [3.63, 3.8) is 0 Å². The standard InChI is InChI=1S/C15H14N4OS/c20-15(17-10-12-4-1-2-7-16-12)11-19-8-6-13(18-19)14-5-3-9-21-14/h1-9H,10-11H2,(H,17,20). The van der Waals surface area contributed by atoms with Gasteiger partial charge in [-0.05, 0) is 29.6 Å². The van der Waals surface area contributed by atoms with Crippen molar-refractivity contribution in [3.8, 4) is 10.6 Å². The third-order valence-corrected chi connectivity index (χ3v) is 3.81. The summed E-state index contributed by atoms with van der Waals surface area (Å²) >= 11 is 1.63. The van der Waals surface area contributed by atoms with E-state index in [9.17, 15) is 4.79 Å². The van der Waals surface area contributed by atoms with Crippen LogP contribution in [0.25, 0.3) is 10.6 Å². The normalized spacial score (nSPS) is 10.5. The highest BCUT2D eigenvalue weighted by Gasteiger charge is 2.07. The van der Waals surface area contributed by atoms with Gasteiger partial charge in [-0.25, -0.2) is 0 Å². The SMILES string of the molecule is O=C(Cn1ccc(-c2cccs2)n1)NCc1ccccn1. The van der Waals surface area contributed by atoms with E-state index in [1.54, 1.807) is 22.2 Å². The van der Waals surface area contributed by atoms with Crippen LogP contribution in [0.1, 0.15) is 5.69 Å². The van der Waals surface area contributed by atoms with Gasteiger partial charge < -0.3 is 5.32 Å². The van der Waals surface area contributed by atoms with Gasteiger partial charge >= 0.3 is 0 Å². The fourth-order valence-electron chi connectivity index (χ4n) is 1.90. The van der Waals surface area contributed by atoms with Crippen LogP contribution in [-0.4, -0.2) is 20.7 Å². The lowest BCUT2D eigenvalue weighted by Gasteiger charge is -2.04. The molecule has 0 aliphatic rings. The summed E-state index contributed by atoms with van der Waals surface area (Å²) < 4.78 is 1.64. The number of thiophene rings is 1. The fourth-order valence-corrected chi connectivity index (χ4v) is 2.59. The highest BCUT2D eigenvalue weighted by Crippen LogP contribution is 2.22. The van der Waals surface area contributed by atoms with Gasteiger partial charge in [0.25, 0.3) is 0 Å². The number of nitrogens with zero attached hydrogens (tertiary/aromatic N) is 3. The largest absolute Gasteiger partial charge is 0.349 e.